The van der Waals surface area contributed by atoms with E-state index in [9.17, 15) is 9.59 Å². The van der Waals surface area contributed by atoms with Crippen LogP contribution in [-0.2, 0) is 4.79 Å². The van der Waals surface area contributed by atoms with E-state index in [1.807, 2.05) is 17.5 Å². The van der Waals surface area contributed by atoms with Crippen LogP contribution in [0.25, 0.3) is 0 Å². The molecular weight excluding hydrogens is 308 g/mol. The van der Waals surface area contributed by atoms with E-state index in [2.05, 4.69) is 5.32 Å². The average molecular weight is 321 g/mol. The van der Waals surface area contributed by atoms with E-state index in [1.165, 1.54) is 11.3 Å². The molecule has 3 rings (SSSR count). The number of thiophene rings is 1. The van der Waals surface area contributed by atoms with Crippen molar-refractivity contribution in [2.24, 2.45) is 0 Å². The second-order valence-corrected chi connectivity index (χ2v) is 6.05. The number of rotatable bonds is 2. The Bertz CT molecular complexity index is 672. The van der Waals surface area contributed by atoms with Crippen LogP contribution in [0.15, 0.2) is 41.8 Å². The first kappa shape index (κ1) is 14.1. The molecule has 0 bridgehead atoms. The van der Waals surface area contributed by atoms with Crippen LogP contribution in [0, 0.1) is 0 Å². The summed E-state index contributed by atoms with van der Waals surface area (Å²) < 4.78 is 0. The summed E-state index contributed by atoms with van der Waals surface area (Å²) in [4.78, 5) is 27.1. The van der Waals surface area contributed by atoms with E-state index in [0.717, 1.165) is 0 Å². The van der Waals surface area contributed by atoms with Gasteiger partial charge in [-0.05, 0) is 17.5 Å². The van der Waals surface area contributed by atoms with E-state index in [0.29, 0.717) is 28.6 Å². The van der Waals surface area contributed by atoms with Crippen LogP contribution in [0.4, 0.5) is 0 Å². The summed E-state index contributed by atoms with van der Waals surface area (Å²) in [6.07, 6.45) is 0. The molecule has 1 fully saturated rings. The highest BCUT2D eigenvalue weighted by Crippen LogP contribution is 2.30. The lowest BCUT2D eigenvalue weighted by Crippen LogP contribution is -2.52. The maximum Gasteiger partial charge on any atom is 0.264 e. The number of carbonyl (C=O) groups is 2. The lowest BCUT2D eigenvalue weighted by molar-refractivity contribution is -0.128. The standard InChI is InChI=1S/C15H13ClN2O2S/c16-11-5-2-1-4-10(11)13-14(19)17-7-8-18(13)15(20)12-6-3-9-21-12/h1-6,9,13H,7-8H2,(H,17,19)/t13-/m1/s1. The monoisotopic (exact) mass is 320 g/mol. The number of hydrogen-bond acceptors (Lipinski definition) is 3. The highest BCUT2D eigenvalue weighted by atomic mass is 35.5. The summed E-state index contributed by atoms with van der Waals surface area (Å²) >= 11 is 7.57. The summed E-state index contributed by atoms with van der Waals surface area (Å²) in [6.45, 7) is 0.926. The Kier molecular flexibility index (Phi) is 3.94. The lowest BCUT2D eigenvalue weighted by Gasteiger charge is -2.35. The maximum atomic E-state index is 12.6. The van der Waals surface area contributed by atoms with Crippen molar-refractivity contribution in [2.75, 3.05) is 13.1 Å². The van der Waals surface area contributed by atoms with Crippen LogP contribution in [0.1, 0.15) is 21.3 Å². The minimum Gasteiger partial charge on any atom is -0.352 e. The molecule has 2 heterocycles. The number of nitrogens with zero attached hydrogens (tertiary/aromatic N) is 1. The van der Waals surface area contributed by atoms with E-state index in [-0.39, 0.29) is 11.8 Å². The fraction of sp³-hybridized carbons (Fsp3) is 0.200. The van der Waals surface area contributed by atoms with Crippen molar-refractivity contribution < 1.29 is 9.59 Å². The van der Waals surface area contributed by atoms with Gasteiger partial charge in [0.25, 0.3) is 5.91 Å². The molecule has 0 radical (unpaired) electrons. The highest BCUT2D eigenvalue weighted by Gasteiger charge is 2.36. The van der Waals surface area contributed by atoms with Crippen molar-refractivity contribution >= 4 is 34.8 Å². The average Bonchev–Trinajstić information content (AvgIpc) is 3.01. The summed E-state index contributed by atoms with van der Waals surface area (Å²) in [5.74, 6) is -0.330. The van der Waals surface area contributed by atoms with E-state index in [4.69, 9.17) is 11.6 Å². The van der Waals surface area contributed by atoms with Crippen molar-refractivity contribution in [1.29, 1.82) is 0 Å². The Morgan fingerprint density at radius 3 is 2.81 bits per heavy atom. The van der Waals surface area contributed by atoms with Gasteiger partial charge in [0, 0.05) is 23.7 Å². The van der Waals surface area contributed by atoms with Crippen molar-refractivity contribution in [3.05, 3.63) is 57.2 Å². The quantitative estimate of drug-likeness (QED) is 0.925. The number of piperazine rings is 1. The molecule has 2 amide bonds. The first-order valence-electron chi connectivity index (χ1n) is 6.55. The van der Waals surface area contributed by atoms with Gasteiger partial charge in [-0.15, -0.1) is 11.3 Å². The predicted molar refractivity (Wildman–Crippen MR) is 82.6 cm³/mol. The van der Waals surface area contributed by atoms with Crippen LogP contribution >= 0.6 is 22.9 Å². The van der Waals surface area contributed by atoms with Gasteiger partial charge >= 0.3 is 0 Å². The fourth-order valence-electron chi connectivity index (χ4n) is 2.43. The summed E-state index contributed by atoms with van der Waals surface area (Å²) in [6, 6.07) is 10.0. The van der Waals surface area contributed by atoms with Gasteiger partial charge in [0.15, 0.2) is 0 Å². The Balaban J connectivity index is 1.99. The third-order valence-electron chi connectivity index (χ3n) is 3.40. The third-order valence-corrected chi connectivity index (χ3v) is 4.61. The van der Waals surface area contributed by atoms with Crippen LogP contribution in [0.2, 0.25) is 5.02 Å². The lowest BCUT2D eigenvalue weighted by atomic mass is 10.0. The molecule has 1 aliphatic rings. The SMILES string of the molecule is O=C1NCCN(C(=O)c2cccs2)[C@@H]1c1ccccc1Cl. The molecule has 0 aliphatic carbocycles. The number of carbonyl (C=O) groups excluding carboxylic acids is 2. The normalized spacial score (nSPS) is 18.4. The van der Waals surface area contributed by atoms with Crippen LogP contribution in [0.5, 0.6) is 0 Å². The molecule has 0 unspecified atom stereocenters. The highest BCUT2D eigenvalue weighted by molar-refractivity contribution is 7.12. The maximum absolute atomic E-state index is 12.6. The van der Waals surface area contributed by atoms with Crippen LogP contribution in [0.3, 0.4) is 0 Å². The minimum atomic E-state index is -0.679. The van der Waals surface area contributed by atoms with Crippen molar-refractivity contribution in [2.45, 2.75) is 6.04 Å². The predicted octanol–water partition coefficient (Wildman–Crippen LogP) is 2.71. The third kappa shape index (κ3) is 2.66. The molecule has 4 nitrogen and oxygen atoms in total. The van der Waals surface area contributed by atoms with Gasteiger partial charge in [-0.25, -0.2) is 0 Å². The fourth-order valence-corrected chi connectivity index (χ4v) is 3.35. The Hall–Kier alpha value is -1.85. The molecular formula is C15H13ClN2O2S. The zero-order chi connectivity index (χ0) is 14.8. The summed E-state index contributed by atoms with van der Waals surface area (Å²) in [5, 5.41) is 5.14. The van der Waals surface area contributed by atoms with Gasteiger partial charge < -0.3 is 10.2 Å². The van der Waals surface area contributed by atoms with Crippen molar-refractivity contribution in [3.63, 3.8) is 0 Å². The van der Waals surface area contributed by atoms with Gasteiger partial charge in [-0.3, -0.25) is 9.59 Å². The molecule has 2 aromatic rings. The Labute approximate surface area is 131 Å². The molecule has 1 saturated heterocycles. The van der Waals surface area contributed by atoms with Gasteiger partial charge in [-0.1, -0.05) is 35.9 Å². The molecule has 6 heteroatoms. The second-order valence-electron chi connectivity index (χ2n) is 4.69. The Morgan fingerprint density at radius 1 is 1.29 bits per heavy atom. The molecule has 108 valence electrons. The number of benzene rings is 1. The van der Waals surface area contributed by atoms with Gasteiger partial charge in [0.1, 0.15) is 6.04 Å². The van der Waals surface area contributed by atoms with Gasteiger partial charge in [0.2, 0.25) is 5.91 Å². The summed E-state index contributed by atoms with van der Waals surface area (Å²) in [5.41, 5.74) is 0.654. The Morgan fingerprint density at radius 2 is 2.10 bits per heavy atom. The topological polar surface area (TPSA) is 49.4 Å². The molecule has 0 spiro atoms. The van der Waals surface area contributed by atoms with Gasteiger partial charge in [0.05, 0.1) is 4.88 Å². The molecule has 1 aliphatic heterocycles. The molecule has 21 heavy (non-hydrogen) atoms. The van der Waals surface area contributed by atoms with Crippen molar-refractivity contribution in [3.8, 4) is 0 Å². The summed E-state index contributed by atoms with van der Waals surface area (Å²) in [7, 11) is 0. The number of hydrogen-bond donors (Lipinski definition) is 1. The molecule has 1 aromatic heterocycles. The van der Waals surface area contributed by atoms with Crippen molar-refractivity contribution in [1.82, 2.24) is 10.2 Å². The number of halogens is 1. The first-order valence-corrected chi connectivity index (χ1v) is 7.81. The second kappa shape index (κ2) is 5.87. The molecule has 1 N–H and O–H groups in total. The van der Waals surface area contributed by atoms with E-state index >= 15 is 0 Å². The zero-order valence-electron chi connectivity index (χ0n) is 11.1. The van der Waals surface area contributed by atoms with Crippen LogP contribution < -0.4 is 5.32 Å². The van der Waals surface area contributed by atoms with Gasteiger partial charge in [-0.2, -0.15) is 0 Å². The zero-order valence-corrected chi connectivity index (χ0v) is 12.7. The number of amides is 2. The molecule has 1 atom stereocenters. The molecule has 0 saturated carbocycles. The van der Waals surface area contributed by atoms with E-state index < -0.39 is 6.04 Å². The minimum absolute atomic E-state index is 0.134. The first-order chi connectivity index (χ1) is 10.2. The molecule has 1 aromatic carbocycles. The largest absolute Gasteiger partial charge is 0.352 e. The number of nitrogens with one attached hydrogen (secondary N) is 1. The smallest absolute Gasteiger partial charge is 0.264 e. The van der Waals surface area contributed by atoms with Crippen LogP contribution in [-0.4, -0.2) is 29.8 Å². The van der Waals surface area contributed by atoms with E-state index in [1.54, 1.807) is 29.2 Å².